The van der Waals surface area contributed by atoms with E-state index in [-0.39, 0.29) is 23.8 Å². The van der Waals surface area contributed by atoms with Crippen LogP contribution in [0, 0.1) is 17.6 Å². The Morgan fingerprint density at radius 2 is 1.95 bits per heavy atom. The van der Waals surface area contributed by atoms with Crippen molar-refractivity contribution in [1.29, 1.82) is 0 Å². The molecule has 0 bridgehead atoms. The highest BCUT2D eigenvalue weighted by Crippen LogP contribution is 2.72. The molecule has 4 aliphatic rings. The van der Waals surface area contributed by atoms with Gasteiger partial charge in [0.05, 0.1) is 17.9 Å². The first-order chi connectivity index (χ1) is 19.2. The van der Waals surface area contributed by atoms with Gasteiger partial charge in [-0.05, 0) is 74.6 Å². The van der Waals surface area contributed by atoms with E-state index in [1.54, 1.807) is 17.1 Å². The van der Waals surface area contributed by atoms with Gasteiger partial charge in [-0.15, -0.1) is 0 Å². The average molecular weight is 544 g/mol. The second-order valence-electron chi connectivity index (χ2n) is 12.1. The van der Waals surface area contributed by atoms with Gasteiger partial charge in [-0.25, -0.2) is 13.8 Å². The second kappa shape index (κ2) is 8.81. The molecule has 1 aromatic heterocycles. The van der Waals surface area contributed by atoms with Crippen molar-refractivity contribution in [3.05, 3.63) is 83.3 Å². The number of rotatable bonds is 6. The molecular formula is C31H31F2N5O2. The molecule has 1 N–H and O–H groups in total. The molecule has 1 aliphatic heterocycles. The van der Waals surface area contributed by atoms with Gasteiger partial charge in [-0.3, -0.25) is 14.6 Å². The number of carbonyl (C=O) groups is 2. The fraction of sp³-hybridized carbons (Fsp3) is 0.419. The summed E-state index contributed by atoms with van der Waals surface area (Å²) in [4.78, 5) is 38.3. The van der Waals surface area contributed by atoms with Crippen molar-refractivity contribution in [2.24, 2.45) is 10.9 Å². The van der Waals surface area contributed by atoms with E-state index in [1.165, 1.54) is 12.5 Å². The number of nitrogens with zero attached hydrogens (tertiary/aromatic N) is 4. The van der Waals surface area contributed by atoms with Crippen molar-refractivity contribution >= 4 is 23.3 Å². The fourth-order valence-electron chi connectivity index (χ4n) is 7.02. The normalized spacial score (nSPS) is 26.1. The van der Waals surface area contributed by atoms with E-state index in [9.17, 15) is 18.4 Å². The van der Waals surface area contributed by atoms with Crippen LogP contribution in [0.4, 0.5) is 14.6 Å². The summed E-state index contributed by atoms with van der Waals surface area (Å²) in [5.74, 6) is -0.463. The Bertz CT molecular complexity index is 1560. The number of nitrogens with one attached hydrogen (secondary N) is 1. The third kappa shape index (κ3) is 3.89. The molecule has 4 atom stereocenters. The maximum Gasteiger partial charge on any atom is 0.254 e. The second-order valence-corrected chi connectivity index (χ2v) is 12.1. The monoisotopic (exact) mass is 543 g/mol. The average Bonchev–Trinajstić information content (AvgIpc) is 3.68. The maximum absolute atomic E-state index is 14.5. The molecule has 2 heterocycles. The third-order valence-corrected chi connectivity index (χ3v) is 9.39. The van der Waals surface area contributed by atoms with Crippen LogP contribution in [0.2, 0.25) is 0 Å². The van der Waals surface area contributed by atoms with Crippen LogP contribution in [-0.4, -0.2) is 43.6 Å². The standard InChI is InChI=1S/C31H31F2N5O2/c1-30(2,29(40)38-25-11-9-20-15-31(20,25)38)37-16-26(34-17-37)36-28(39)27(18-6-4-3-5-7-18)35-22-10-8-19-12-21(32)13-24(33)23(19)14-22/h3-7,12-13,16-17,20,25,27H,8-11,14-15H2,1-2H3,(H,36,39)/t20-,25+,27-,31?,38?/m0/s1. The van der Waals surface area contributed by atoms with Crippen molar-refractivity contribution in [3.8, 4) is 0 Å². The van der Waals surface area contributed by atoms with Gasteiger partial charge in [0.15, 0.2) is 11.9 Å². The van der Waals surface area contributed by atoms with Gasteiger partial charge in [-0.2, -0.15) is 0 Å². The van der Waals surface area contributed by atoms with E-state index >= 15 is 0 Å². The van der Waals surface area contributed by atoms with Gasteiger partial charge in [0.25, 0.3) is 5.91 Å². The van der Waals surface area contributed by atoms with Crippen LogP contribution in [0.3, 0.4) is 0 Å². The molecule has 2 aromatic carbocycles. The Kier molecular flexibility index (Phi) is 5.53. The number of hydrogen-bond acceptors (Lipinski definition) is 4. The zero-order chi connectivity index (χ0) is 27.8. The molecule has 2 amide bonds. The molecule has 3 aromatic rings. The lowest BCUT2D eigenvalue weighted by Crippen LogP contribution is -2.41. The van der Waals surface area contributed by atoms with Crippen molar-refractivity contribution in [2.75, 3.05) is 5.32 Å². The molecule has 3 fully saturated rings. The van der Waals surface area contributed by atoms with Crippen LogP contribution in [0.1, 0.15) is 62.3 Å². The molecule has 0 radical (unpaired) electrons. The zero-order valence-corrected chi connectivity index (χ0v) is 22.5. The number of aliphatic imine (C=N–C) groups is 1. The molecule has 7 nitrogen and oxygen atoms in total. The number of imidazole rings is 1. The molecule has 1 saturated heterocycles. The fourth-order valence-corrected chi connectivity index (χ4v) is 7.02. The lowest BCUT2D eigenvalue weighted by atomic mass is 9.89. The highest BCUT2D eigenvalue weighted by molar-refractivity contribution is 5.98. The van der Waals surface area contributed by atoms with Crippen LogP contribution < -0.4 is 5.32 Å². The number of halogens is 2. The summed E-state index contributed by atoms with van der Waals surface area (Å²) in [6.45, 7) is 3.77. The highest BCUT2D eigenvalue weighted by atomic mass is 19.1. The molecule has 2 saturated carbocycles. The maximum atomic E-state index is 14.5. The van der Waals surface area contributed by atoms with E-state index in [4.69, 9.17) is 4.99 Å². The quantitative estimate of drug-likeness (QED) is 0.446. The van der Waals surface area contributed by atoms with E-state index in [0.717, 1.165) is 18.9 Å². The number of piperidine rings is 1. The minimum Gasteiger partial charge on any atom is -0.327 e. The number of aryl methyl sites for hydroxylation is 1. The number of benzene rings is 2. The number of anilines is 1. The first-order valence-electron chi connectivity index (χ1n) is 13.9. The van der Waals surface area contributed by atoms with Crippen LogP contribution in [0.15, 0.2) is 60.0 Å². The molecule has 7 rings (SSSR count). The summed E-state index contributed by atoms with van der Waals surface area (Å²) < 4.78 is 29.9. The molecule has 206 valence electrons. The van der Waals surface area contributed by atoms with Gasteiger partial charge in [0, 0.05) is 24.4 Å². The van der Waals surface area contributed by atoms with E-state index in [1.807, 2.05) is 44.2 Å². The SMILES string of the molecule is CC(C)(C(=O)N1[C@@H]2CC[C@H]3CC321)n1cnc(NC(=O)[C@@H](N=C2CCc3cc(F)cc(F)c3C2)c2ccccc2)c1. The molecule has 40 heavy (non-hydrogen) atoms. The van der Waals surface area contributed by atoms with Gasteiger partial charge < -0.3 is 14.8 Å². The van der Waals surface area contributed by atoms with Crippen LogP contribution in [-0.2, 0) is 28.0 Å². The Balaban J connectivity index is 1.10. The van der Waals surface area contributed by atoms with Gasteiger partial charge in [0.2, 0.25) is 5.91 Å². The predicted octanol–water partition coefficient (Wildman–Crippen LogP) is 4.97. The van der Waals surface area contributed by atoms with Gasteiger partial charge in [-0.1, -0.05) is 30.3 Å². The van der Waals surface area contributed by atoms with Gasteiger partial charge in [0.1, 0.15) is 17.2 Å². The molecule has 1 spiro atoms. The first kappa shape index (κ1) is 25.1. The van der Waals surface area contributed by atoms with E-state index in [0.29, 0.717) is 53.0 Å². The van der Waals surface area contributed by atoms with Crippen LogP contribution in [0.25, 0.3) is 0 Å². The van der Waals surface area contributed by atoms with Crippen molar-refractivity contribution in [1.82, 2.24) is 14.5 Å². The van der Waals surface area contributed by atoms with Gasteiger partial charge >= 0.3 is 0 Å². The van der Waals surface area contributed by atoms with Crippen molar-refractivity contribution in [3.63, 3.8) is 0 Å². The number of carbonyl (C=O) groups excluding carboxylic acids is 2. The zero-order valence-electron chi connectivity index (χ0n) is 22.5. The Morgan fingerprint density at radius 1 is 1.15 bits per heavy atom. The number of aromatic nitrogens is 2. The minimum absolute atomic E-state index is 0.0910. The largest absolute Gasteiger partial charge is 0.327 e. The number of likely N-dealkylation sites (tertiary alicyclic amines) is 1. The summed E-state index contributed by atoms with van der Waals surface area (Å²) in [5, 5.41) is 2.87. The molecule has 3 aliphatic carbocycles. The molecule has 9 heteroatoms. The number of hydrogen-bond donors (Lipinski definition) is 1. The summed E-state index contributed by atoms with van der Waals surface area (Å²) >= 11 is 0. The van der Waals surface area contributed by atoms with Crippen LogP contribution >= 0.6 is 0 Å². The summed E-state index contributed by atoms with van der Waals surface area (Å²) in [7, 11) is 0. The van der Waals surface area contributed by atoms with Crippen molar-refractivity contribution in [2.45, 2.75) is 75.5 Å². The number of fused-ring (bicyclic) bond motifs is 1. The summed E-state index contributed by atoms with van der Waals surface area (Å²) in [6.07, 6.45) is 7.91. The highest BCUT2D eigenvalue weighted by Gasteiger charge is 2.82. The first-order valence-corrected chi connectivity index (χ1v) is 13.9. The van der Waals surface area contributed by atoms with E-state index in [2.05, 4.69) is 15.2 Å². The van der Waals surface area contributed by atoms with E-state index < -0.39 is 23.2 Å². The predicted molar refractivity (Wildman–Crippen MR) is 146 cm³/mol. The van der Waals surface area contributed by atoms with Crippen LogP contribution in [0.5, 0.6) is 0 Å². The molecule has 1 unspecified atom stereocenters. The Morgan fingerprint density at radius 3 is 2.67 bits per heavy atom. The Labute approximate surface area is 231 Å². The summed E-state index contributed by atoms with van der Waals surface area (Å²) in [6, 6.07) is 11.0. The topological polar surface area (TPSA) is 79.4 Å². The Hall–Kier alpha value is -3.88. The lowest BCUT2D eigenvalue weighted by Gasteiger charge is -2.26. The lowest BCUT2D eigenvalue weighted by molar-refractivity contribution is -0.135. The summed E-state index contributed by atoms with van der Waals surface area (Å²) in [5.41, 5.74) is 1.74. The smallest absolute Gasteiger partial charge is 0.254 e. The number of amides is 2. The minimum atomic E-state index is -0.871. The van der Waals surface area contributed by atoms with Crippen molar-refractivity contribution < 1.29 is 18.4 Å². The third-order valence-electron chi connectivity index (χ3n) is 9.39. The molecular weight excluding hydrogens is 512 g/mol.